The molecule has 92 valence electrons. The Labute approximate surface area is 104 Å². The van der Waals surface area contributed by atoms with E-state index in [4.69, 9.17) is 0 Å². The zero-order valence-electron chi connectivity index (χ0n) is 9.15. The highest BCUT2D eigenvalue weighted by Gasteiger charge is 2.07. The van der Waals surface area contributed by atoms with Crippen LogP contribution in [-0.4, -0.2) is 31.0 Å². The molecule has 0 aromatic carbocycles. The van der Waals surface area contributed by atoms with Gasteiger partial charge in [-0.1, -0.05) is 0 Å². The number of H-pyrrole nitrogens is 1. The van der Waals surface area contributed by atoms with E-state index in [2.05, 4.69) is 20.1 Å². The van der Waals surface area contributed by atoms with Crippen molar-refractivity contribution in [1.29, 1.82) is 0 Å². The maximum absolute atomic E-state index is 11.1. The largest absolute Gasteiger partial charge is 0.339 e. The Hall–Kier alpha value is -2.29. The topological polar surface area (TPSA) is 111 Å². The molecule has 18 heavy (non-hydrogen) atoms. The molecule has 2 rings (SSSR count). The lowest BCUT2D eigenvalue weighted by molar-refractivity contribution is 0.112. The Bertz CT molecular complexity index is 691. The summed E-state index contributed by atoms with van der Waals surface area (Å²) >= 11 is 1.000. The number of aromatic nitrogens is 5. The van der Waals surface area contributed by atoms with E-state index in [-0.39, 0.29) is 5.16 Å². The van der Waals surface area contributed by atoms with E-state index in [1.165, 1.54) is 24.1 Å². The van der Waals surface area contributed by atoms with Gasteiger partial charge >= 0.3 is 11.1 Å². The molecule has 2 heterocycles. The molecule has 0 radical (unpaired) electrons. The van der Waals surface area contributed by atoms with Crippen molar-refractivity contribution < 1.29 is 4.79 Å². The molecule has 2 aromatic heterocycles. The van der Waals surface area contributed by atoms with Gasteiger partial charge in [-0.15, -0.1) is 0 Å². The lowest BCUT2D eigenvalue weighted by Crippen LogP contribution is -2.33. The molecule has 2 aromatic rings. The fourth-order valence-electron chi connectivity index (χ4n) is 1.07. The lowest BCUT2D eigenvalue weighted by Gasteiger charge is -2.04. The van der Waals surface area contributed by atoms with Crippen molar-refractivity contribution in [1.82, 2.24) is 24.7 Å². The molecule has 0 saturated carbocycles. The summed E-state index contributed by atoms with van der Waals surface area (Å²) in [6.07, 6.45) is 3.33. The van der Waals surface area contributed by atoms with Gasteiger partial charge in [-0.25, -0.2) is 9.97 Å². The SMILES string of the molecule is Cn1[nH]c(=O)c(=O)nc1Sc1ncc(C=O)cn1. The number of hydrogen-bond donors (Lipinski definition) is 1. The van der Waals surface area contributed by atoms with Crippen molar-refractivity contribution in [2.75, 3.05) is 0 Å². The van der Waals surface area contributed by atoms with Gasteiger partial charge in [0.15, 0.2) is 16.6 Å². The summed E-state index contributed by atoms with van der Waals surface area (Å²) in [5, 5.41) is 2.87. The Balaban J connectivity index is 2.33. The Kier molecular flexibility index (Phi) is 3.33. The second kappa shape index (κ2) is 4.92. The first-order valence-electron chi connectivity index (χ1n) is 4.72. The van der Waals surface area contributed by atoms with Crippen LogP contribution in [0, 0.1) is 0 Å². The van der Waals surface area contributed by atoms with Crippen LogP contribution in [0.3, 0.4) is 0 Å². The van der Waals surface area contributed by atoms with Gasteiger partial charge < -0.3 is 0 Å². The number of carbonyl (C=O) groups is 1. The van der Waals surface area contributed by atoms with Crippen LogP contribution >= 0.6 is 11.8 Å². The number of aryl methyl sites for hydroxylation is 1. The quantitative estimate of drug-likeness (QED) is 0.440. The van der Waals surface area contributed by atoms with Crippen molar-refractivity contribution in [2.24, 2.45) is 7.05 Å². The molecule has 9 heteroatoms. The lowest BCUT2D eigenvalue weighted by atomic mass is 10.4. The molecular weight excluding hydrogens is 258 g/mol. The Morgan fingerprint density at radius 2 is 2.00 bits per heavy atom. The number of aldehydes is 1. The molecule has 0 bridgehead atoms. The van der Waals surface area contributed by atoms with Crippen LogP contribution in [0.4, 0.5) is 0 Å². The number of nitrogens with one attached hydrogen (secondary N) is 1. The summed E-state index contributed by atoms with van der Waals surface area (Å²) in [4.78, 5) is 43.9. The molecule has 0 aliphatic rings. The van der Waals surface area contributed by atoms with Crippen molar-refractivity contribution in [3.05, 3.63) is 38.7 Å². The summed E-state index contributed by atoms with van der Waals surface area (Å²) in [5.41, 5.74) is -1.32. The zero-order chi connectivity index (χ0) is 13.1. The van der Waals surface area contributed by atoms with Crippen LogP contribution < -0.4 is 11.1 Å². The van der Waals surface area contributed by atoms with Crippen LogP contribution in [-0.2, 0) is 7.05 Å². The van der Waals surface area contributed by atoms with E-state index >= 15 is 0 Å². The fourth-order valence-corrected chi connectivity index (χ4v) is 1.76. The molecule has 0 atom stereocenters. The third-order valence-electron chi connectivity index (χ3n) is 1.91. The van der Waals surface area contributed by atoms with Crippen LogP contribution in [0.15, 0.2) is 32.3 Å². The van der Waals surface area contributed by atoms with E-state index in [1.807, 2.05) is 0 Å². The van der Waals surface area contributed by atoms with E-state index in [0.717, 1.165) is 11.8 Å². The van der Waals surface area contributed by atoms with Gasteiger partial charge in [0.05, 0.1) is 5.56 Å². The molecule has 1 N–H and O–H groups in total. The summed E-state index contributed by atoms with van der Waals surface area (Å²) in [6.45, 7) is 0. The molecule has 0 spiro atoms. The maximum Gasteiger partial charge on any atom is 0.339 e. The van der Waals surface area contributed by atoms with Crippen molar-refractivity contribution >= 4 is 18.0 Å². The monoisotopic (exact) mass is 265 g/mol. The van der Waals surface area contributed by atoms with Crippen LogP contribution in [0.2, 0.25) is 0 Å². The van der Waals surface area contributed by atoms with Crippen LogP contribution in [0.5, 0.6) is 0 Å². The minimum atomic E-state index is -0.875. The minimum absolute atomic E-state index is 0.249. The molecule has 0 saturated heterocycles. The van der Waals surface area contributed by atoms with E-state index in [1.54, 1.807) is 0 Å². The van der Waals surface area contributed by atoms with Gasteiger partial charge in [0.2, 0.25) is 0 Å². The van der Waals surface area contributed by atoms with E-state index in [9.17, 15) is 14.4 Å². The first-order chi connectivity index (χ1) is 8.60. The van der Waals surface area contributed by atoms with Crippen molar-refractivity contribution in [3.63, 3.8) is 0 Å². The van der Waals surface area contributed by atoms with E-state index in [0.29, 0.717) is 17.0 Å². The normalized spacial score (nSPS) is 10.3. The standard InChI is InChI=1S/C9H7N5O3S/c1-14-9(12-6(16)7(17)13-14)18-8-10-2-5(4-15)3-11-8/h2-4H,1H3,(H,13,17). The summed E-state index contributed by atoms with van der Waals surface area (Å²) in [7, 11) is 1.54. The van der Waals surface area contributed by atoms with Crippen molar-refractivity contribution in [2.45, 2.75) is 10.3 Å². The van der Waals surface area contributed by atoms with Crippen LogP contribution in [0.25, 0.3) is 0 Å². The average molecular weight is 265 g/mol. The second-order valence-corrected chi connectivity index (χ2v) is 4.15. The second-order valence-electron chi connectivity index (χ2n) is 3.22. The van der Waals surface area contributed by atoms with Gasteiger partial charge in [-0.2, -0.15) is 4.98 Å². The number of rotatable bonds is 3. The smallest absolute Gasteiger partial charge is 0.298 e. The van der Waals surface area contributed by atoms with Gasteiger partial charge in [0.25, 0.3) is 0 Å². The molecular formula is C9H7N5O3S. The van der Waals surface area contributed by atoms with Crippen molar-refractivity contribution in [3.8, 4) is 0 Å². The van der Waals surface area contributed by atoms with Gasteiger partial charge in [0, 0.05) is 19.4 Å². The van der Waals surface area contributed by atoms with Gasteiger partial charge in [-0.3, -0.25) is 24.2 Å². The summed E-state index contributed by atoms with van der Waals surface area (Å²) < 4.78 is 1.30. The molecule has 0 aliphatic carbocycles. The molecule has 0 fully saturated rings. The average Bonchev–Trinajstić information content (AvgIpc) is 2.37. The Morgan fingerprint density at radius 1 is 1.33 bits per heavy atom. The predicted molar refractivity (Wildman–Crippen MR) is 61.6 cm³/mol. The highest BCUT2D eigenvalue weighted by atomic mass is 32.2. The van der Waals surface area contributed by atoms with Gasteiger partial charge in [-0.05, 0) is 11.8 Å². The van der Waals surface area contributed by atoms with Crippen LogP contribution in [0.1, 0.15) is 10.4 Å². The molecule has 0 aliphatic heterocycles. The number of aromatic amines is 1. The number of hydrogen-bond acceptors (Lipinski definition) is 7. The fraction of sp³-hybridized carbons (Fsp3) is 0.111. The molecule has 8 nitrogen and oxygen atoms in total. The minimum Gasteiger partial charge on any atom is -0.298 e. The molecule has 0 amide bonds. The first-order valence-corrected chi connectivity index (χ1v) is 5.54. The Morgan fingerprint density at radius 3 is 2.61 bits per heavy atom. The highest BCUT2D eigenvalue weighted by molar-refractivity contribution is 7.99. The van der Waals surface area contributed by atoms with E-state index < -0.39 is 11.1 Å². The highest BCUT2D eigenvalue weighted by Crippen LogP contribution is 2.19. The number of nitrogens with zero attached hydrogens (tertiary/aromatic N) is 4. The van der Waals surface area contributed by atoms with Gasteiger partial charge in [0.1, 0.15) is 0 Å². The predicted octanol–water partition coefficient (Wildman–Crippen LogP) is -0.778. The summed E-state index contributed by atoms with van der Waals surface area (Å²) in [5.74, 6) is 0. The maximum atomic E-state index is 11.1. The third kappa shape index (κ3) is 2.51. The number of carbonyl (C=O) groups excluding carboxylic acids is 1. The summed E-state index contributed by atoms with van der Waals surface area (Å²) in [6, 6.07) is 0. The zero-order valence-corrected chi connectivity index (χ0v) is 9.97. The molecule has 0 unspecified atom stereocenters. The third-order valence-corrected chi connectivity index (χ3v) is 2.86. The first kappa shape index (κ1) is 12.2.